The van der Waals surface area contributed by atoms with Crippen LogP contribution in [0.5, 0.6) is 0 Å². The number of hydrogen-bond acceptors (Lipinski definition) is 1. The maximum Gasteiger partial charge on any atom is 0.0541 e. The molecule has 13 rings (SSSR count). The minimum absolute atomic E-state index is 1.08. The van der Waals surface area contributed by atoms with E-state index in [9.17, 15) is 0 Å². The molecule has 1 aromatic heterocycles. The van der Waals surface area contributed by atoms with Crippen molar-refractivity contribution in [3.05, 3.63) is 267 Å². The summed E-state index contributed by atoms with van der Waals surface area (Å²) < 4.78 is 2.42. The van der Waals surface area contributed by atoms with E-state index in [0.29, 0.717) is 0 Å². The molecule has 12 aromatic carbocycles. The lowest BCUT2D eigenvalue weighted by molar-refractivity contribution is 1.18. The summed E-state index contributed by atoms with van der Waals surface area (Å²) in [6.45, 7) is 0. The second-order valence-corrected chi connectivity index (χ2v) is 17.7. The van der Waals surface area contributed by atoms with Crippen LogP contribution in [0.2, 0.25) is 0 Å². The monoisotopic (exact) mass is 864 g/mol. The predicted octanol–water partition coefficient (Wildman–Crippen LogP) is 18.4. The summed E-state index contributed by atoms with van der Waals surface area (Å²) in [5, 5.41) is 10.1. The highest BCUT2D eigenvalue weighted by molar-refractivity contribution is 6.18. The minimum Gasteiger partial charge on any atom is -0.310 e. The molecule has 0 bridgehead atoms. The topological polar surface area (TPSA) is 8.17 Å². The fraction of sp³-hybridized carbons (Fsp3) is 0. The number of rotatable bonds is 8. The third-order valence-electron chi connectivity index (χ3n) is 13.7. The van der Waals surface area contributed by atoms with Gasteiger partial charge in [-0.3, -0.25) is 0 Å². The van der Waals surface area contributed by atoms with E-state index in [1.54, 1.807) is 0 Å². The molecule has 2 nitrogen and oxygen atoms in total. The Balaban J connectivity index is 0.937. The van der Waals surface area contributed by atoms with E-state index in [2.05, 4.69) is 276 Å². The number of benzene rings is 12. The number of para-hydroxylation sites is 2. The molecule has 2 heteroatoms. The van der Waals surface area contributed by atoms with Crippen LogP contribution in [-0.2, 0) is 0 Å². The maximum atomic E-state index is 2.42. The van der Waals surface area contributed by atoms with Crippen LogP contribution in [0.4, 0.5) is 17.1 Å². The third kappa shape index (κ3) is 6.90. The number of nitrogens with zero attached hydrogens (tertiary/aromatic N) is 2. The van der Waals surface area contributed by atoms with Crippen molar-refractivity contribution in [2.75, 3.05) is 4.90 Å². The molecule has 0 saturated carbocycles. The van der Waals surface area contributed by atoms with Gasteiger partial charge in [0.2, 0.25) is 0 Å². The van der Waals surface area contributed by atoms with Crippen LogP contribution in [0.3, 0.4) is 0 Å². The van der Waals surface area contributed by atoms with Gasteiger partial charge in [0.1, 0.15) is 0 Å². The Labute approximate surface area is 395 Å². The average molecular weight is 865 g/mol. The van der Waals surface area contributed by atoms with Gasteiger partial charge in [-0.2, -0.15) is 0 Å². The second kappa shape index (κ2) is 16.5. The molecule has 68 heavy (non-hydrogen) atoms. The normalized spacial score (nSPS) is 11.5. The standard InChI is InChI=1S/C66H44N2/c1-3-14-45(15-4-1)47-28-34-55(35-29-47)67(56-36-30-48(31-37-56)52-27-26-50-33-38-60-59-21-8-7-18-49(59)32-39-61(60)64(50)44-52)57-20-13-19-51(41-57)54-40-53(46-16-5-2-6-17-46)42-58(43-54)68-65-24-11-9-22-62(65)63-23-10-12-25-66(63)68/h1-44H. The molecule has 318 valence electrons. The van der Waals surface area contributed by atoms with Crippen molar-refractivity contribution < 1.29 is 0 Å². The fourth-order valence-electron chi connectivity index (χ4n) is 10.4. The largest absolute Gasteiger partial charge is 0.310 e. The zero-order valence-electron chi connectivity index (χ0n) is 37.3. The molecule has 0 N–H and O–H groups in total. The summed E-state index contributed by atoms with van der Waals surface area (Å²) in [7, 11) is 0. The summed E-state index contributed by atoms with van der Waals surface area (Å²) in [5.74, 6) is 0. The highest BCUT2D eigenvalue weighted by Gasteiger charge is 2.18. The first kappa shape index (κ1) is 39.4. The molecular formula is C66H44N2. The van der Waals surface area contributed by atoms with E-state index in [4.69, 9.17) is 0 Å². The predicted molar refractivity (Wildman–Crippen MR) is 290 cm³/mol. The zero-order valence-corrected chi connectivity index (χ0v) is 37.3. The lowest BCUT2D eigenvalue weighted by atomic mass is 9.94. The van der Waals surface area contributed by atoms with Crippen molar-refractivity contribution in [2.24, 2.45) is 0 Å². The molecule has 0 amide bonds. The van der Waals surface area contributed by atoms with Gasteiger partial charge in [-0.25, -0.2) is 0 Å². The van der Waals surface area contributed by atoms with Crippen molar-refractivity contribution in [3.63, 3.8) is 0 Å². The molecule has 0 aliphatic rings. The second-order valence-electron chi connectivity index (χ2n) is 17.7. The van der Waals surface area contributed by atoms with Crippen LogP contribution in [0.15, 0.2) is 267 Å². The Morgan fingerprint density at radius 2 is 0.662 bits per heavy atom. The van der Waals surface area contributed by atoms with Crippen molar-refractivity contribution in [1.29, 1.82) is 0 Å². The van der Waals surface area contributed by atoms with Gasteiger partial charge < -0.3 is 9.47 Å². The molecule has 0 unspecified atom stereocenters. The summed E-state index contributed by atoms with van der Waals surface area (Å²) >= 11 is 0. The fourth-order valence-corrected chi connectivity index (χ4v) is 10.4. The smallest absolute Gasteiger partial charge is 0.0541 e. The van der Waals surface area contributed by atoms with Gasteiger partial charge in [-0.15, -0.1) is 0 Å². The van der Waals surface area contributed by atoms with Gasteiger partial charge in [0.25, 0.3) is 0 Å². The van der Waals surface area contributed by atoms with Gasteiger partial charge in [0.05, 0.1) is 11.0 Å². The first-order chi connectivity index (χ1) is 33.7. The molecule has 0 saturated heterocycles. The molecule has 0 spiro atoms. The van der Waals surface area contributed by atoms with Gasteiger partial charge >= 0.3 is 0 Å². The SMILES string of the molecule is c1ccc(-c2ccc(N(c3ccc(-c4ccc5ccc6c7ccccc7ccc6c5c4)cc3)c3cccc(-c4cc(-c5ccccc5)cc(-n5c6ccccc6c6ccccc65)c4)c3)cc2)cc1. The maximum absolute atomic E-state index is 2.42. The summed E-state index contributed by atoms with van der Waals surface area (Å²) in [4.78, 5) is 2.38. The number of aromatic nitrogens is 1. The Kier molecular flexibility index (Phi) is 9.54. The number of hydrogen-bond donors (Lipinski definition) is 0. The van der Waals surface area contributed by atoms with Crippen molar-refractivity contribution >= 4 is 71.2 Å². The van der Waals surface area contributed by atoms with Gasteiger partial charge in [-0.1, -0.05) is 194 Å². The Morgan fingerprint density at radius 1 is 0.221 bits per heavy atom. The van der Waals surface area contributed by atoms with Crippen LogP contribution in [0, 0.1) is 0 Å². The molecule has 0 aliphatic heterocycles. The Morgan fingerprint density at radius 3 is 1.31 bits per heavy atom. The summed E-state index contributed by atoms with van der Waals surface area (Å²) in [5.41, 5.74) is 16.2. The lowest BCUT2D eigenvalue weighted by Gasteiger charge is -2.26. The van der Waals surface area contributed by atoms with Crippen LogP contribution >= 0.6 is 0 Å². The molecule has 0 radical (unpaired) electrons. The van der Waals surface area contributed by atoms with Gasteiger partial charge in [0.15, 0.2) is 0 Å². The van der Waals surface area contributed by atoms with E-state index in [1.807, 2.05) is 0 Å². The van der Waals surface area contributed by atoms with Crippen molar-refractivity contribution in [1.82, 2.24) is 4.57 Å². The molecule has 0 aliphatic carbocycles. The van der Waals surface area contributed by atoms with Gasteiger partial charge in [0, 0.05) is 33.5 Å². The van der Waals surface area contributed by atoms with E-state index >= 15 is 0 Å². The molecule has 0 atom stereocenters. The minimum atomic E-state index is 1.08. The first-order valence-electron chi connectivity index (χ1n) is 23.4. The number of fused-ring (bicyclic) bond motifs is 8. The average Bonchev–Trinajstić information content (AvgIpc) is 3.76. The Bertz CT molecular complexity index is 3940. The van der Waals surface area contributed by atoms with Crippen LogP contribution < -0.4 is 4.90 Å². The third-order valence-corrected chi connectivity index (χ3v) is 13.7. The molecule has 1 heterocycles. The zero-order chi connectivity index (χ0) is 45.0. The van der Waals surface area contributed by atoms with E-state index in [0.717, 1.165) is 33.9 Å². The molecule has 0 fully saturated rings. The Hall–Kier alpha value is -8.98. The van der Waals surface area contributed by atoms with Crippen molar-refractivity contribution in [3.8, 4) is 50.2 Å². The lowest BCUT2D eigenvalue weighted by Crippen LogP contribution is -2.10. The highest BCUT2D eigenvalue weighted by Crippen LogP contribution is 2.41. The summed E-state index contributed by atoms with van der Waals surface area (Å²) in [6, 6.07) is 97.6. The van der Waals surface area contributed by atoms with Crippen LogP contribution in [0.25, 0.3) is 104 Å². The van der Waals surface area contributed by atoms with Crippen molar-refractivity contribution in [2.45, 2.75) is 0 Å². The van der Waals surface area contributed by atoms with Gasteiger partial charge in [-0.05, 0) is 150 Å². The highest BCUT2D eigenvalue weighted by atomic mass is 15.1. The van der Waals surface area contributed by atoms with Crippen LogP contribution in [-0.4, -0.2) is 4.57 Å². The van der Waals surface area contributed by atoms with E-state index in [-0.39, 0.29) is 0 Å². The number of anilines is 3. The van der Waals surface area contributed by atoms with E-state index < -0.39 is 0 Å². The quantitative estimate of drug-likeness (QED) is 0.138. The van der Waals surface area contributed by atoms with E-state index in [1.165, 1.54) is 87.5 Å². The summed E-state index contributed by atoms with van der Waals surface area (Å²) in [6.07, 6.45) is 0. The molecule has 13 aromatic rings. The first-order valence-corrected chi connectivity index (χ1v) is 23.4. The molecular weight excluding hydrogens is 821 g/mol. The van der Waals surface area contributed by atoms with Crippen LogP contribution in [0.1, 0.15) is 0 Å².